The summed E-state index contributed by atoms with van der Waals surface area (Å²) in [6, 6.07) is 5.26. The molecule has 10 nitrogen and oxygen atoms in total. The third kappa shape index (κ3) is 6.66. The van der Waals surface area contributed by atoms with Gasteiger partial charge in [-0.2, -0.15) is 18.2 Å². The van der Waals surface area contributed by atoms with Crippen LogP contribution in [0, 0.1) is 5.41 Å². The Morgan fingerprint density at radius 2 is 1.81 bits per heavy atom. The molecule has 3 heterocycles. The monoisotopic (exact) mass is 588 g/mol. The lowest BCUT2D eigenvalue weighted by Gasteiger charge is -2.47. The van der Waals surface area contributed by atoms with Gasteiger partial charge in [-0.05, 0) is 28.7 Å². The smallest absolute Gasteiger partial charge is 0.416 e. The van der Waals surface area contributed by atoms with Crippen molar-refractivity contribution in [1.82, 2.24) is 25.3 Å². The Morgan fingerprint density at radius 3 is 2.40 bits per heavy atom. The molecule has 1 unspecified atom stereocenters. The summed E-state index contributed by atoms with van der Waals surface area (Å²) >= 11 is 0. The molecule has 3 aromatic rings. The molecule has 0 aliphatic carbocycles. The third-order valence-corrected chi connectivity index (χ3v) is 7.20. The minimum atomic E-state index is -4.70. The molecule has 0 saturated carbocycles. The maximum Gasteiger partial charge on any atom is 0.416 e. The van der Waals surface area contributed by atoms with Crippen LogP contribution < -0.4 is 10.2 Å². The number of rotatable bonds is 5. The molecule has 1 aromatic carbocycles. The number of nitrogens with one attached hydrogen (secondary N) is 1. The lowest BCUT2D eigenvalue weighted by atomic mass is 9.84. The molecule has 1 saturated heterocycles. The summed E-state index contributed by atoms with van der Waals surface area (Å²) in [4.78, 5) is 36.1. The molecular weight excluding hydrogens is 553 g/mol. The molecule has 42 heavy (non-hydrogen) atoms. The molecule has 2 amide bonds. The molecule has 1 aliphatic heterocycles. The van der Waals surface area contributed by atoms with E-state index >= 15 is 0 Å². The fourth-order valence-corrected chi connectivity index (χ4v) is 4.89. The Hall–Kier alpha value is -4.16. The number of anilines is 1. The van der Waals surface area contributed by atoms with Crippen LogP contribution in [0.5, 0.6) is 0 Å². The molecule has 13 heteroatoms. The first kappa shape index (κ1) is 30.8. The van der Waals surface area contributed by atoms with E-state index in [1.165, 1.54) is 17.2 Å². The van der Waals surface area contributed by atoms with Gasteiger partial charge in [-0.3, -0.25) is 9.78 Å². The molecule has 1 aliphatic rings. The number of carbonyl (C=O) groups excluding carboxylic acids is 1. The van der Waals surface area contributed by atoms with E-state index in [-0.39, 0.29) is 35.3 Å². The molecule has 0 bridgehead atoms. The Morgan fingerprint density at radius 1 is 1.10 bits per heavy atom. The minimum Gasteiger partial charge on any atom is -0.465 e. The fourth-order valence-electron chi connectivity index (χ4n) is 4.89. The van der Waals surface area contributed by atoms with E-state index in [1.54, 1.807) is 18.3 Å². The summed E-state index contributed by atoms with van der Waals surface area (Å²) < 4.78 is 47.8. The summed E-state index contributed by atoms with van der Waals surface area (Å²) in [6.45, 7) is 11.9. The number of nitrogens with zero attached hydrogens (tertiary/aromatic N) is 5. The topological polar surface area (TPSA) is 125 Å². The molecule has 1 fully saturated rings. The van der Waals surface area contributed by atoms with Crippen LogP contribution >= 0.6 is 0 Å². The third-order valence-electron chi connectivity index (χ3n) is 7.20. The quantitative estimate of drug-likeness (QED) is 0.395. The number of carbonyl (C=O) groups is 2. The molecule has 2 N–H and O–H groups in total. The van der Waals surface area contributed by atoms with Gasteiger partial charge in [0.1, 0.15) is 0 Å². The van der Waals surface area contributed by atoms with Crippen molar-refractivity contribution in [3.05, 3.63) is 59.5 Å². The van der Waals surface area contributed by atoms with E-state index in [1.807, 2.05) is 46.4 Å². The lowest BCUT2D eigenvalue weighted by Crippen LogP contribution is -2.59. The zero-order chi connectivity index (χ0) is 31.0. The molecule has 226 valence electrons. The molecule has 0 spiro atoms. The average Bonchev–Trinajstić information content (AvgIpc) is 3.42. The number of piperazine rings is 1. The van der Waals surface area contributed by atoms with Crippen LogP contribution in [0.1, 0.15) is 69.2 Å². The second kappa shape index (κ2) is 11.3. The van der Waals surface area contributed by atoms with E-state index in [0.29, 0.717) is 29.9 Å². The zero-order valence-electron chi connectivity index (χ0n) is 24.4. The van der Waals surface area contributed by atoms with Crippen LogP contribution in [-0.4, -0.2) is 62.8 Å². The van der Waals surface area contributed by atoms with E-state index in [4.69, 9.17) is 4.52 Å². The van der Waals surface area contributed by atoms with Gasteiger partial charge in [-0.1, -0.05) is 58.8 Å². The van der Waals surface area contributed by atoms with Crippen LogP contribution in [0.4, 0.5) is 23.7 Å². The van der Waals surface area contributed by atoms with E-state index in [0.717, 1.165) is 6.07 Å². The number of alkyl halides is 3. The van der Waals surface area contributed by atoms with Crippen LogP contribution in [0.3, 0.4) is 0 Å². The van der Waals surface area contributed by atoms with Crippen molar-refractivity contribution in [3.63, 3.8) is 0 Å². The highest BCUT2D eigenvalue weighted by molar-refractivity contribution is 5.90. The Balaban J connectivity index is 1.62. The van der Waals surface area contributed by atoms with Gasteiger partial charge in [0.25, 0.3) is 11.7 Å². The Kier molecular flexibility index (Phi) is 8.25. The largest absolute Gasteiger partial charge is 0.465 e. The van der Waals surface area contributed by atoms with E-state index < -0.39 is 35.7 Å². The van der Waals surface area contributed by atoms with E-state index in [9.17, 15) is 27.9 Å². The van der Waals surface area contributed by atoms with E-state index in [2.05, 4.69) is 20.4 Å². The van der Waals surface area contributed by atoms with Crippen molar-refractivity contribution >= 4 is 17.7 Å². The minimum absolute atomic E-state index is 0.127. The summed E-state index contributed by atoms with van der Waals surface area (Å²) in [5, 5.41) is 15.8. The summed E-state index contributed by atoms with van der Waals surface area (Å²) in [6.07, 6.45) is -2.61. The van der Waals surface area contributed by atoms with Crippen molar-refractivity contribution in [3.8, 4) is 11.1 Å². The number of halogens is 3. The van der Waals surface area contributed by atoms with Gasteiger partial charge >= 0.3 is 12.3 Å². The van der Waals surface area contributed by atoms with Gasteiger partial charge in [0.05, 0.1) is 23.5 Å². The maximum absolute atomic E-state index is 14.2. The summed E-state index contributed by atoms with van der Waals surface area (Å²) in [5.74, 6) is -0.779. The number of hydrogen-bond donors (Lipinski definition) is 2. The molecule has 2 aromatic heterocycles. The second-order valence-corrected chi connectivity index (χ2v) is 12.4. The predicted octanol–water partition coefficient (Wildman–Crippen LogP) is 5.59. The van der Waals surface area contributed by atoms with Crippen molar-refractivity contribution < 1.29 is 32.4 Å². The van der Waals surface area contributed by atoms with Crippen LogP contribution in [-0.2, 0) is 18.1 Å². The van der Waals surface area contributed by atoms with Crippen LogP contribution in [0.25, 0.3) is 11.1 Å². The highest BCUT2D eigenvalue weighted by Crippen LogP contribution is 2.39. The van der Waals surface area contributed by atoms with Crippen molar-refractivity contribution in [2.45, 2.75) is 65.7 Å². The number of aromatic nitrogens is 3. The standard InChI is InChI=1S/C29H35F3N6O4/c1-27(2,3)22-16-37(11-12-38(22)26(40)41)21-15-33-10-9-19(21)17-7-8-18(20(13-17)29(30,31)32)14-34-24(39)23-35-25(42-36-23)28(4,5)6/h7-10,13,15,22H,11-12,14,16H2,1-6H3,(H,34,39)(H,40,41). The van der Waals surface area contributed by atoms with Gasteiger partial charge < -0.3 is 24.7 Å². The van der Waals surface area contributed by atoms with Gasteiger partial charge in [-0.25, -0.2) is 4.79 Å². The predicted molar refractivity (Wildman–Crippen MR) is 149 cm³/mol. The van der Waals surface area contributed by atoms with Crippen molar-refractivity contribution in [2.75, 3.05) is 24.5 Å². The molecule has 0 radical (unpaired) electrons. The van der Waals surface area contributed by atoms with Gasteiger partial charge in [0.15, 0.2) is 0 Å². The summed E-state index contributed by atoms with van der Waals surface area (Å²) in [5.41, 5.74) is -0.427. The van der Waals surface area contributed by atoms with Crippen molar-refractivity contribution in [2.24, 2.45) is 5.41 Å². The first-order chi connectivity index (χ1) is 19.5. The van der Waals surface area contributed by atoms with Gasteiger partial charge in [-0.15, -0.1) is 0 Å². The second-order valence-electron chi connectivity index (χ2n) is 12.4. The number of pyridine rings is 1. The Bertz CT molecular complexity index is 1460. The fraction of sp³-hybridized carbons (Fsp3) is 0.483. The zero-order valence-corrected chi connectivity index (χ0v) is 24.4. The number of hydrogen-bond acceptors (Lipinski definition) is 7. The van der Waals surface area contributed by atoms with Gasteiger partial charge in [0.2, 0.25) is 5.89 Å². The lowest BCUT2D eigenvalue weighted by molar-refractivity contribution is -0.138. The van der Waals surface area contributed by atoms with Crippen molar-refractivity contribution in [1.29, 1.82) is 0 Å². The van der Waals surface area contributed by atoms with Crippen LogP contribution in [0.2, 0.25) is 0 Å². The Labute approximate surface area is 241 Å². The number of amides is 2. The highest BCUT2D eigenvalue weighted by atomic mass is 19.4. The first-order valence-corrected chi connectivity index (χ1v) is 13.5. The first-order valence-electron chi connectivity index (χ1n) is 13.5. The normalized spacial score (nSPS) is 16.5. The molecule has 4 rings (SSSR count). The molecule has 1 atom stereocenters. The summed E-state index contributed by atoms with van der Waals surface area (Å²) in [7, 11) is 0. The SMILES string of the molecule is CC(C)(C)c1nc(C(=O)NCc2ccc(-c3ccncc3N3CCN(C(=O)O)C(C(C)(C)C)C3)cc2C(F)(F)F)no1. The maximum atomic E-state index is 14.2. The number of carboxylic acid groups (broad SMARTS) is 1. The highest BCUT2D eigenvalue weighted by Gasteiger charge is 2.39. The number of benzene rings is 1. The average molecular weight is 589 g/mol. The van der Waals surface area contributed by atoms with Crippen LogP contribution in [0.15, 0.2) is 41.2 Å². The molecular formula is C29H35F3N6O4. The van der Waals surface area contributed by atoms with Gasteiger partial charge in [0, 0.05) is 43.4 Å².